The SMILES string of the molecule is Fc1nc2ccoc2c2ccccc12. The van der Waals surface area contributed by atoms with Crippen LogP contribution in [0.1, 0.15) is 0 Å². The van der Waals surface area contributed by atoms with E-state index in [0.717, 1.165) is 5.39 Å². The molecule has 0 aliphatic rings. The van der Waals surface area contributed by atoms with Gasteiger partial charge >= 0.3 is 0 Å². The molecule has 0 aliphatic heterocycles. The van der Waals surface area contributed by atoms with Gasteiger partial charge in [0.05, 0.1) is 6.26 Å². The van der Waals surface area contributed by atoms with Crippen molar-refractivity contribution >= 4 is 21.9 Å². The highest BCUT2D eigenvalue weighted by Crippen LogP contribution is 2.25. The van der Waals surface area contributed by atoms with Gasteiger partial charge in [-0.25, -0.2) is 4.98 Å². The fourth-order valence-electron chi connectivity index (χ4n) is 1.62. The average Bonchev–Trinajstić information content (AvgIpc) is 2.66. The van der Waals surface area contributed by atoms with Crippen molar-refractivity contribution in [2.45, 2.75) is 0 Å². The van der Waals surface area contributed by atoms with Gasteiger partial charge in [0, 0.05) is 16.8 Å². The molecule has 0 atom stereocenters. The topological polar surface area (TPSA) is 26.0 Å². The van der Waals surface area contributed by atoms with Gasteiger partial charge in [0.1, 0.15) is 5.52 Å². The quantitative estimate of drug-likeness (QED) is 0.505. The summed E-state index contributed by atoms with van der Waals surface area (Å²) >= 11 is 0. The monoisotopic (exact) mass is 187 g/mol. The van der Waals surface area contributed by atoms with Gasteiger partial charge in [0.15, 0.2) is 5.58 Å². The van der Waals surface area contributed by atoms with Crippen molar-refractivity contribution in [1.29, 1.82) is 0 Å². The van der Waals surface area contributed by atoms with Gasteiger partial charge in [0.2, 0.25) is 5.95 Å². The van der Waals surface area contributed by atoms with Crippen molar-refractivity contribution in [3.63, 3.8) is 0 Å². The van der Waals surface area contributed by atoms with Crippen molar-refractivity contribution in [2.75, 3.05) is 0 Å². The lowest BCUT2D eigenvalue weighted by Gasteiger charge is -1.98. The number of nitrogens with zero attached hydrogens (tertiary/aromatic N) is 1. The second kappa shape index (κ2) is 2.54. The Balaban J connectivity index is 2.67. The fraction of sp³-hybridized carbons (Fsp3) is 0. The van der Waals surface area contributed by atoms with Gasteiger partial charge in [-0.1, -0.05) is 18.2 Å². The molecule has 0 radical (unpaired) electrons. The number of hydrogen-bond donors (Lipinski definition) is 0. The van der Waals surface area contributed by atoms with Gasteiger partial charge in [0.25, 0.3) is 0 Å². The van der Waals surface area contributed by atoms with E-state index in [4.69, 9.17) is 4.42 Å². The zero-order valence-electron chi connectivity index (χ0n) is 7.20. The van der Waals surface area contributed by atoms with E-state index in [-0.39, 0.29) is 0 Å². The molecule has 1 aromatic carbocycles. The van der Waals surface area contributed by atoms with Crippen molar-refractivity contribution < 1.29 is 8.81 Å². The van der Waals surface area contributed by atoms with Crippen LogP contribution in [0, 0.1) is 5.95 Å². The molecule has 0 amide bonds. The lowest BCUT2D eigenvalue weighted by molar-refractivity contribution is 0.596. The highest BCUT2D eigenvalue weighted by Gasteiger charge is 2.08. The van der Waals surface area contributed by atoms with E-state index in [0.29, 0.717) is 16.5 Å². The number of halogens is 1. The van der Waals surface area contributed by atoms with E-state index >= 15 is 0 Å². The number of hydrogen-bond acceptors (Lipinski definition) is 2. The second-order valence-electron chi connectivity index (χ2n) is 3.08. The fourth-order valence-corrected chi connectivity index (χ4v) is 1.62. The maximum atomic E-state index is 13.4. The molecule has 2 aromatic heterocycles. The average molecular weight is 187 g/mol. The molecule has 0 spiro atoms. The van der Waals surface area contributed by atoms with Gasteiger partial charge in [-0.15, -0.1) is 0 Å². The summed E-state index contributed by atoms with van der Waals surface area (Å²) < 4.78 is 18.7. The molecule has 2 nitrogen and oxygen atoms in total. The minimum atomic E-state index is -0.450. The Hall–Kier alpha value is -1.90. The minimum Gasteiger partial charge on any atom is -0.462 e. The smallest absolute Gasteiger partial charge is 0.221 e. The predicted octanol–water partition coefficient (Wildman–Crippen LogP) is 3.12. The summed E-state index contributed by atoms with van der Waals surface area (Å²) in [5.74, 6) is -0.450. The zero-order chi connectivity index (χ0) is 9.54. The van der Waals surface area contributed by atoms with E-state index in [1.165, 1.54) is 6.26 Å². The molecule has 3 rings (SSSR count). The third-order valence-corrected chi connectivity index (χ3v) is 2.26. The Bertz CT molecular complexity index is 615. The number of benzene rings is 1. The lowest BCUT2D eigenvalue weighted by atomic mass is 10.1. The summed E-state index contributed by atoms with van der Waals surface area (Å²) in [6, 6.07) is 8.81. The first-order valence-electron chi connectivity index (χ1n) is 4.28. The molecule has 2 heterocycles. The second-order valence-corrected chi connectivity index (χ2v) is 3.08. The number of aromatic nitrogens is 1. The van der Waals surface area contributed by atoms with Crippen molar-refractivity contribution in [3.8, 4) is 0 Å². The highest BCUT2D eigenvalue weighted by atomic mass is 19.1. The van der Waals surface area contributed by atoms with E-state index in [2.05, 4.69) is 4.98 Å². The summed E-state index contributed by atoms with van der Waals surface area (Å²) in [6.07, 6.45) is 1.52. The van der Waals surface area contributed by atoms with Gasteiger partial charge in [-0.05, 0) is 6.07 Å². The van der Waals surface area contributed by atoms with Crippen LogP contribution in [0.5, 0.6) is 0 Å². The molecular weight excluding hydrogens is 181 g/mol. The summed E-state index contributed by atoms with van der Waals surface area (Å²) in [6.45, 7) is 0. The van der Waals surface area contributed by atoms with Crippen molar-refractivity contribution in [2.24, 2.45) is 0 Å². The summed E-state index contributed by atoms with van der Waals surface area (Å²) in [7, 11) is 0. The van der Waals surface area contributed by atoms with Crippen LogP contribution in [0.15, 0.2) is 41.0 Å². The summed E-state index contributed by atoms with van der Waals surface area (Å²) in [5.41, 5.74) is 1.20. The normalized spacial score (nSPS) is 11.2. The minimum absolute atomic E-state index is 0.450. The molecular formula is C11H6FNO. The van der Waals surface area contributed by atoms with Crippen LogP contribution < -0.4 is 0 Å². The Morgan fingerprint density at radius 3 is 2.71 bits per heavy atom. The van der Waals surface area contributed by atoms with E-state index in [1.54, 1.807) is 18.2 Å². The molecule has 68 valence electrons. The standard InChI is InChI=1S/C11H6FNO/c12-11-8-4-2-1-3-7(8)10-9(13-11)5-6-14-10/h1-6H. The van der Waals surface area contributed by atoms with Crippen molar-refractivity contribution in [3.05, 3.63) is 42.5 Å². The predicted molar refractivity (Wildman–Crippen MR) is 51.5 cm³/mol. The van der Waals surface area contributed by atoms with Gasteiger partial charge < -0.3 is 4.42 Å². The molecule has 0 N–H and O–H groups in total. The molecule has 3 aromatic rings. The van der Waals surface area contributed by atoms with E-state index < -0.39 is 5.95 Å². The Labute approximate surface area is 79.0 Å². The van der Waals surface area contributed by atoms with E-state index in [9.17, 15) is 4.39 Å². The summed E-state index contributed by atoms with van der Waals surface area (Å²) in [5, 5.41) is 1.26. The number of rotatable bonds is 0. The number of furan rings is 1. The Kier molecular flexibility index (Phi) is 1.36. The van der Waals surface area contributed by atoms with Crippen LogP contribution in [0.25, 0.3) is 21.9 Å². The lowest BCUT2D eigenvalue weighted by Crippen LogP contribution is -1.85. The largest absolute Gasteiger partial charge is 0.462 e. The molecule has 0 aliphatic carbocycles. The van der Waals surface area contributed by atoms with Crippen LogP contribution in [0.3, 0.4) is 0 Å². The number of fused-ring (bicyclic) bond motifs is 3. The first-order valence-corrected chi connectivity index (χ1v) is 4.28. The first-order chi connectivity index (χ1) is 6.86. The van der Waals surface area contributed by atoms with E-state index in [1.807, 2.05) is 12.1 Å². The van der Waals surface area contributed by atoms with Crippen LogP contribution in [0.2, 0.25) is 0 Å². The van der Waals surface area contributed by atoms with Crippen molar-refractivity contribution in [1.82, 2.24) is 4.98 Å². The third kappa shape index (κ3) is 0.865. The molecule has 0 saturated carbocycles. The van der Waals surface area contributed by atoms with Crippen LogP contribution in [-0.4, -0.2) is 4.98 Å². The third-order valence-electron chi connectivity index (χ3n) is 2.26. The summed E-state index contributed by atoms with van der Waals surface area (Å²) in [4.78, 5) is 3.80. The molecule has 3 heteroatoms. The zero-order valence-corrected chi connectivity index (χ0v) is 7.20. The molecule has 0 unspecified atom stereocenters. The van der Waals surface area contributed by atoms with Crippen LogP contribution >= 0.6 is 0 Å². The first kappa shape index (κ1) is 7.50. The van der Waals surface area contributed by atoms with Crippen LogP contribution in [-0.2, 0) is 0 Å². The maximum Gasteiger partial charge on any atom is 0.221 e. The Morgan fingerprint density at radius 1 is 1.07 bits per heavy atom. The van der Waals surface area contributed by atoms with Gasteiger partial charge in [-0.3, -0.25) is 0 Å². The van der Waals surface area contributed by atoms with Gasteiger partial charge in [-0.2, -0.15) is 4.39 Å². The van der Waals surface area contributed by atoms with Crippen LogP contribution in [0.4, 0.5) is 4.39 Å². The molecule has 0 saturated heterocycles. The Morgan fingerprint density at radius 2 is 1.86 bits per heavy atom. The molecule has 0 bridgehead atoms. The molecule has 14 heavy (non-hydrogen) atoms. The molecule has 0 fully saturated rings. The number of pyridine rings is 1. The maximum absolute atomic E-state index is 13.4. The highest BCUT2D eigenvalue weighted by molar-refractivity contribution is 6.02.